The number of nitrogens with zero attached hydrogens (tertiary/aromatic N) is 2. The van der Waals surface area contributed by atoms with Gasteiger partial charge in [0, 0.05) is 55.7 Å². The molecule has 1 aromatic heterocycles. The molecule has 4 atom stereocenters. The number of alkyl carbamates (subject to hydrolysis) is 1. The van der Waals surface area contributed by atoms with Gasteiger partial charge < -0.3 is 44.1 Å². The van der Waals surface area contributed by atoms with E-state index >= 15 is 0 Å². The third kappa shape index (κ3) is 16.3. The number of rotatable bonds is 22. The first-order valence-electron chi connectivity index (χ1n) is 20.5. The Morgan fingerprint density at radius 3 is 2.32 bits per heavy atom. The van der Waals surface area contributed by atoms with Crippen LogP contribution in [-0.4, -0.2) is 89.7 Å². The molecule has 1 saturated carbocycles. The average Bonchev–Trinajstić information content (AvgIpc) is 3.43. The van der Waals surface area contributed by atoms with Crippen molar-refractivity contribution in [2.75, 3.05) is 26.9 Å². The number of aryl methyl sites for hydroxylation is 2. The van der Waals surface area contributed by atoms with Gasteiger partial charge in [-0.25, -0.2) is 9.59 Å². The summed E-state index contributed by atoms with van der Waals surface area (Å²) in [6.45, 7) is 17.0. The number of aliphatic hydroxyl groups excluding tert-OH is 1. The van der Waals surface area contributed by atoms with Crippen molar-refractivity contribution >= 4 is 29.1 Å². The van der Waals surface area contributed by atoms with Gasteiger partial charge in [0.15, 0.2) is 0 Å². The van der Waals surface area contributed by atoms with Gasteiger partial charge in [-0.3, -0.25) is 4.79 Å². The van der Waals surface area contributed by atoms with E-state index in [1.54, 1.807) is 27.9 Å². The van der Waals surface area contributed by atoms with Gasteiger partial charge >= 0.3 is 12.2 Å². The molecule has 1 aliphatic carbocycles. The lowest BCUT2D eigenvalue weighted by Gasteiger charge is -2.34. The van der Waals surface area contributed by atoms with Crippen LogP contribution in [0.1, 0.15) is 111 Å². The molecular formula is C42H68N4O11. The Bertz CT molecular complexity index is 1580. The number of aromatic nitrogens is 1. The van der Waals surface area contributed by atoms with Crippen LogP contribution < -0.4 is 10.6 Å². The maximum Gasteiger partial charge on any atom is 0.508 e. The fraction of sp³-hybridized carbons (Fsp3) is 0.738. The number of methoxy groups -OCH3 is 1. The first-order chi connectivity index (χ1) is 26.9. The van der Waals surface area contributed by atoms with Crippen LogP contribution in [0.25, 0.3) is 10.9 Å². The second-order valence-corrected chi connectivity index (χ2v) is 17.2. The van der Waals surface area contributed by atoms with E-state index in [9.17, 15) is 29.6 Å². The van der Waals surface area contributed by atoms with Crippen molar-refractivity contribution in [3.05, 3.63) is 45.6 Å². The molecule has 1 aliphatic rings. The predicted molar refractivity (Wildman–Crippen MR) is 216 cm³/mol. The van der Waals surface area contributed by atoms with E-state index in [1.807, 2.05) is 13.8 Å². The minimum atomic E-state index is -1.03. The van der Waals surface area contributed by atoms with Gasteiger partial charge in [0.1, 0.15) is 11.7 Å². The van der Waals surface area contributed by atoms with Crippen molar-refractivity contribution < 1.29 is 48.4 Å². The second-order valence-electron chi connectivity index (χ2n) is 17.2. The highest BCUT2D eigenvalue weighted by atomic mass is 16.9. The zero-order valence-electron chi connectivity index (χ0n) is 35.5. The molecule has 322 valence electrons. The number of amides is 2. The third-order valence-electron chi connectivity index (χ3n) is 10.7. The van der Waals surface area contributed by atoms with Crippen molar-refractivity contribution in [2.24, 2.45) is 23.7 Å². The molecule has 3 rings (SSSR count). The maximum atomic E-state index is 13.8. The molecule has 2 amide bonds. The summed E-state index contributed by atoms with van der Waals surface area (Å²) in [4.78, 5) is 53.5. The Morgan fingerprint density at radius 2 is 1.70 bits per heavy atom. The Hall–Kier alpha value is -4.11. The van der Waals surface area contributed by atoms with E-state index in [-0.39, 0.29) is 61.9 Å². The van der Waals surface area contributed by atoms with E-state index in [1.165, 1.54) is 22.0 Å². The Morgan fingerprint density at radius 1 is 1.00 bits per heavy atom. The van der Waals surface area contributed by atoms with Crippen LogP contribution in [0.5, 0.6) is 0 Å². The summed E-state index contributed by atoms with van der Waals surface area (Å²) >= 11 is 0. The molecule has 0 bridgehead atoms. The first-order valence-corrected chi connectivity index (χ1v) is 20.5. The molecule has 1 aromatic carbocycles. The number of benzene rings is 1. The first kappa shape index (κ1) is 47.3. The zero-order valence-corrected chi connectivity index (χ0v) is 35.5. The minimum absolute atomic E-state index is 0.0615. The predicted octanol–water partition coefficient (Wildman–Crippen LogP) is 7.29. The molecule has 15 nitrogen and oxygen atoms in total. The molecule has 15 heteroatoms. The Balaban J connectivity index is 1.67. The molecule has 0 saturated heterocycles. The van der Waals surface area contributed by atoms with Gasteiger partial charge in [0.2, 0.25) is 5.91 Å². The number of hydrogen-bond acceptors (Lipinski definition) is 11. The number of aliphatic hydroxyl groups is 1. The molecule has 0 spiro atoms. The highest BCUT2D eigenvalue weighted by Crippen LogP contribution is 2.30. The molecular weight excluding hydrogens is 736 g/mol. The average molecular weight is 805 g/mol. The summed E-state index contributed by atoms with van der Waals surface area (Å²) < 4.78 is 23.6. The lowest BCUT2D eigenvalue weighted by molar-refractivity contribution is -0.757. The summed E-state index contributed by atoms with van der Waals surface area (Å²) in [5, 5.41) is 28.6. The number of ether oxygens (including phenoxy) is 4. The third-order valence-corrected chi connectivity index (χ3v) is 10.7. The van der Waals surface area contributed by atoms with E-state index in [2.05, 4.69) is 65.2 Å². The molecule has 2 aromatic rings. The highest BCUT2D eigenvalue weighted by Gasteiger charge is 2.35. The molecule has 57 heavy (non-hydrogen) atoms. The SMILES string of the molecule is COCCCn1cc(C)c2ccc(C[C@@H](C[C@H](NC(=O)OC(C)(C)C)[C@@H](O)C[C@H](C(=O)NC3CCC(OC(=O)OCCCO[N+](=O)[O-])CC3)C(C)C)C(C)C)cc21. The quantitative estimate of drug-likeness (QED) is 0.0469. The second kappa shape index (κ2) is 22.7. The number of fused-ring (bicyclic) bond motifs is 1. The Kier molecular flexibility index (Phi) is 18.8. The van der Waals surface area contributed by atoms with Gasteiger partial charge in [-0.1, -0.05) is 39.8 Å². The molecule has 0 unspecified atom stereocenters. The number of nitrogens with one attached hydrogen (secondary N) is 2. The lowest BCUT2D eigenvalue weighted by atomic mass is 9.80. The van der Waals surface area contributed by atoms with E-state index in [0.717, 1.165) is 19.4 Å². The van der Waals surface area contributed by atoms with Crippen LogP contribution in [-0.2, 0) is 41.5 Å². The topological polar surface area (TPSA) is 190 Å². The van der Waals surface area contributed by atoms with Crippen LogP contribution in [0.2, 0.25) is 0 Å². The van der Waals surface area contributed by atoms with Crippen LogP contribution in [0.4, 0.5) is 9.59 Å². The van der Waals surface area contributed by atoms with E-state index in [4.69, 9.17) is 18.9 Å². The van der Waals surface area contributed by atoms with Crippen molar-refractivity contribution in [3.63, 3.8) is 0 Å². The smallest absolute Gasteiger partial charge is 0.444 e. The van der Waals surface area contributed by atoms with Crippen molar-refractivity contribution in [1.82, 2.24) is 15.2 Å². The van der Waals surface area contributed by atoms with E-state index in [0.29, 0.717) is 38.7 Å². The van der Waals surface area contributed by atoms with Crippen molar-refractivity contribution in [3.8, 4) is 0 Å². The van der Waals surface area contributed by atoms with Crippen LogP contribution >= 0.6 is 0 Å². The normalized spacial score (nSPS) is 18.1. The van der Waals surface area contributed by atoms with Crippen molar-refractivity contribution in [2.45, 2.75) is 150 Å². The lowest BCUT2D eigenvalue weighted by Crippen LogP contribution is -2.49. The molecule has 0 radical (unpaired) electrons. The summed E-state index contributed by atoms with van der Waals surface area (Å²) in [6.07, 6.45) is 4.04. The molecule has 1 heterocycles. The van der Waals surface area contributed by atoms with Gasteiger partial charge in [-0.2, -0.15) is 0 Å². The molecule has 0 aliphatic heterocycles. The number of carbonyl (C=O) groups is 3. The Labute approximate surface area is 337 Å². The van der Waals surface area contributed by atoms with Crippen LogP contribution in [0.15, 0.2) is 24.4 Å². The summed E-state index contributed by atoms with van der Waals surface area (Å²) in [5.41, 5.74) is 2.84. The summed E-state index contributed by atoms with van der Waals surface area (Å²) in [7, 11) is 1.71. The van der Waals surface area contributed by atoms with Crippen LogP contribution in [0, 0.1) is 40.7 Å². The zero-order chi connectivity index (χ0) is 42.3. The van der Waals surface area contributed by atoms with Gasteiger partial charge in [-0.15, -0.1) is 10.1 Å². The number of hydrogen-bond donors (Lipinski definition) is 3. The summed E-state index contributed by atoms with van der Waals surface area (Å²) in [5.74, 6) is -0.466. The summed E-state index contributed by atoms with van der Waals surface area (Å²) in [6, 6.07) is 5.80. The van der Waals surface area contributed by atoms with E-state index < -0.39 is 41.0 Å². The standard InChI is InChI=1S/C42H68N4O11/c1-27(2)31(22-30-12-17-34-29(5)26-45(37(34)23-30)18-10-19-53-9)24-36(44-40(49)57-42(6,7)8)38(47)25-35(28(3)4)39(48)43-32-13-15-33(16-14-32)56-41(50)54-20-11-21-55-46(51)52/h12,17,23,26-28,31-33,35-36,38,47H,10-11,13-16,18-22,24-25H2,1-9H3,(H,43,48)(H,44,49)/t31-,32?,33?,35-,36-,38-/m0/s1. The monoisotopic (exact) mass is 804 g/mol. The molecule has 1 fully saturated rings. The minimum Gasteiger partial charge on any atom is -0.444 e. The fourth-order valence-electron chi connectivity index (χ4n) is 7.47. The maximum absolute atomic E-state index is 13.8. The van der Waals surface area contributed by atoms with Gasteiger partial charge in [-0.05, 0) is 114 Å². The van der Waals surface area contributed by atoms with Crippen molar-refractivity contribution in [1.29, 1.82) is 0 Å². The molecule has 3 N–H and O–H groups in total. The van der Waals surface area contributed by atoms with Gasteiger partial charge in [0.05, 0.1) is 25.4 Å². The van der Waals surface area contributed by atoms with Crippen LogP contribution in [0.3, 0.4) is 0 Å². The largest absolute Gasteiger partial charge is 0.508 e. The van der Waals surface area contributed by atoms with Gasteiger partial charge in [0.25, 0.3) is 5.09 Å². The highest BCUT2D eigenvalue weighted by molar-refractivity contribution is 5.84. The number of carbonyl (C=O) groups excluding carboxylic acids is 3. The fourth-order valence-corrected chi connectivity index (χ4v) is 7.47.